The third kappa shape index (κ3) is 6.77. The summed E-state index contributed by atoms with van der Waals surface area (Å²) in [6, 6.07) is 0. The first-order chi connectivity index (χ1) is 17.6. The Morgan fingerprint density at radius 3 is 1.51 bits per heavy atom. The van der Waals surface area contributed by atoms with Gasteiger partial charge in [0.2, 0.25) is 7.51 Å². The van der Waals surface area contributed by atoms with E-state index in [2.05, 4.69) is 113 Å². The second-order valence-corrected chi connectivity index (χ2v) is 25.5. The molecule has 0 aromatic heterocycles. The van der Waals surface area contributed by atoms with Crippen molar-refractivity contribution in [3.63, 3.8) is 0 Å². The van der Waals surface area contributed by atoms with Crippen LogP contribution in [0.3, 0.4) is 0 Å². The zero-order chi connectivity index (χ0) is 30.9. The fourth-order valence-electron chi connectivity index (χ4n) is 5.34. The van der Waals surface area contributed by atoms with E-state index in [0.29, 0.717) is 0 Å². The molecular weight excluding hydrogens is 574 g/mol. The van der Waals surface area contributed by atoms with Crippen LogP contribution < -0.4 is 0 Å². The molecule has 1 aliphatic rings. The summed E-state index contributed by atoms with van der Waals surface area (Å²) in [5, 5.41) is 0. The number of nitrogens with zero attached hydrogens (tertiary/aromatic N) is 13. The van der Waals surface area contributed by atoms with Gasteiger partial charge in [0.05, 0.1) is 13.2 Å². The molecule has 0 N–H and O–H groups in total. The van der Waals surface area contributed by atoms with Crippen molar-refractivity contribution in [2.75, 3.05) is 147 Å². The van der Waals surface area contributed by atoms with E-state index in [1.165, 1.54) is 0 Å². The van der Waals surface area contributed by atoms with Crippen molar-refractivity contribution in [3.05, 3.63) is 0 Å². The third-order valence-corrected chi connectivity index (χ3v) is 22.8. The molecule has 1 rings (SSSR count). The van der Waals surface area contributed by atoms with E-state index >= 15 is 0 Å². The normalized spacial score (nSPS) is 22.1. The second kappa shape index (κ2) is 14.0. The number of hydrogen-bond donors (Lipinski definition) is 0. The van der Waals surface area contributed by atoms with Gasteiger partial charge in [0.25, 0.3) is 0 Å². The molecule has 1 unspecified atom stereocenters. The van der Waals surface area contributed by atoms with Crippen LogP contribution in [-0.2, 0) is 4.57 Å². The Bertz CT molecular complexity index is 935. The monoisotopic (exact) mass is 634 g/mol. The summed E-state index contributed by atoms with van der Waals surface area (Å²) in [6.45, 7) is 2.32. The lowest BCUT2D eigenvalue weighted by Crippen LogP contribution is -2.49. The molecule has 0 bridgehead atoms. The second-order valence-electron chi connectivity index (χ2n) is 11.5. The molecule has 1 atom stereocenters. The van der Waals surface area contributed by atoms with Crippen LogP contribution in [0.1, 0.15) is 0 Å². The van der Waals surface area contributed by atoms with E-state index in [1.807, 2.05) is 56.4 Å². The van der Waals surface area contributed by atoms with E-state index < -0.39 is 30.5 Å². The van der Waals surface area contributed by atoms with Gasteiger partial charge in [-0.15, -0.1) is 14.0 Å². The minimum absolute atomic E-state index is 0.731. The lowest BCUT2D eigenvalue weighted by molar-refractivity contribution is 0.289. The van der Waals surface area contributed by atoms with E-state index in [9.17, 15) is 4.57 Å². The molecule has 1 heterocycles. The molecule has 14 nitrogen and oxygen atoms in total. The van der Waals surface area contributed by atoms with Crippen molar-refractivity contribution in [2.24, 2.45) is 9.03 Å². The molecule has 0 radical (unpaired) electrons. The topological polar surface area (TPSA) is 77.4 Å². The number of hydrogen-bond acceptors (Lipinski definition) is 8. The molecule has 0 aliphatic carbocycles. The molecule has 0 fully saturated rings. The first-order valence-corrected chi connectivity index (χ1v) is 19.4. The van der Waals surface area contributed by atoms with Crippen molar-refractivity contribution in [2.45, 2.75) is 0 Å². The molecule has 234 valence electrons. The summed E-state index contributed by atoms with van der Waals surface area (Å²) < 4.78 is 49.4. The van der Waals surface area contributed by atoms with Crippen LogP contribution in [0.4, 0.5) is 0 Å². The average molecular weight is 635 g/mol. The highest BCUT2D eigenvalue weighted by Gasteiger charge is 2.59. The quantitative estimate of drug-likeness (QED) is 0.279. The number of rotatable bonds is 13. The minimum atomic E-state index is -3.14. The molecular formula is C21H60N13OP4+. The smallest absolute Gasteiger partial charge is 0.262 e. The maximum absolute atomic E-state index is 14.1. The Kier molecular flexibility index (Phi) is 13.5. The summed E-state index contributed by atoms with van der Waals surface area (Å²) in [5.74, 6) is 0. The Balaban J connectivity index is 3.70. The van der Waals surface area contributed by atoms with Crippen LogP contribution in [0.25, 0.3) is 0 Å². The van der Waals surface area contributed by atoms with Crippen LogP contribution >= 0.6 is 30.5 Å². The Hall–Kier alpha value is 0.680. The molecule has 39 heavy (non-hydrogen) atoms. The van der Waals surface area contributed by atoms with Gasteiger partial charge in [-0.25, -0.2) is 28.0 Å². The highest BCUT2D eigenvalue weighted by Crippen LogP contribution is 2.77. The van der Waals surface area contributed by atoms with Gasteiger partial charge in [0.15, 0.2) is 7.51 Å². The molecule has 0 aromatic carbocycles. The summed E-state index contributed by atoms with van der Waals surface area (Å²) >= 11 is 0. The van der Waals surface area contributed by atoms with Crippen molar-refractivity contribution in [1.82, 2.24) is 51.4 Å². The Morgan fingerprint density at radius 2 is 1.18 bits per heavy atom. The zero-order valence-corrected chi connectivity index (χ0v) is 31.7. The predicted octanol–water partition coefficient (Wildman–Crippen LogP) is 3.29. The van der Waals surface area contributed by atoms with Gasteiger partial charge in [0, 0.05) is 34.7 Å². The zero-order valence-electron chi connectivity index (χ0n) is 28.1. The third-order valence-electron chi connectivity index (χ3n) is 7.19. The van der Waals surface area contributed by atoms with Crippen LogP contribution in [0, 0.1) is 0 Å². The molecule has 0 saturated carbocycles. The molecule has 0 saturated heterocycles. The SMILES string of the molecule is CN(C)P(=O)(N=P(N(C)C)(N(C)C)N(C)CCN(C)[P+]1(N(C)C)N=P(N(C)C)(N(C)C)N(C)CN1C)N(C)C. The number of likely N-dealkylation sites (N-methyl/N-ethyl adjacent to an activating group) is 2. The van der Waals surface area contributed by atoms with Crippen LogP contribution in [-0.4, -0.2) is 198 Å². The fourth-order valence-corrected chi connectivity index (χ4v) is 22.4. The summed E-state index contributed by atoms with van der Waals surface area (Å²) in [7, 11) is 27.0. The largest absolute Gasteiger partial charge is 0.357 e. The molecule has 0 spiro atoms. The van der Waals surface area contributed by atoms with Gasteiger partial charge in [-0.05, 0) is 103 Å². The van der Waals surface area contributed by atoms with E-state index in [1.54, 1.807) is 9.34 Å². The highest BCUT2D eigenvalue weighted by atomic mass is 31.2. The van der Waals surface area contributed by atoms with Gasteiger partial charge in [0.1, 0.15) is 0 Å². The molecule has 1 aliphatic heterocycles. The maximum Gasteiger partial charge on any atom is 0.357 e. The van der Waals surface area contributed by atoms with Gasteiger partial charge in [-0.2, -0.15) is 4.52 Å². The lowest BCUT2D eigenvalue weighted by atomic mass is 10.6. The van der Waals surface area contributed by atoms with Crippen LogP contribution in [0.15, 0.2) is 9.03 Å². The first kappa shape index (κ1) is 37.7. The fraction of sp³-hybridized carbons (Fsp3) is 1.00. The first-order valence-electron chi connectivity index (χ1n) is 13.0. The Labute approximate surface area is 241 Å². The minimum Gasteiger partial charge on any atom is -0.262 e. The van der Waals surface area contributed by atoms with Crippen molar-refractivity contribution < 1.29 is 4.57 Å². The van der Waals surface area contributed by atoms with Crippen molar-refractivity contribution in [3.8, 4) is 0 Å². The Morgan fingerprint density at radius 1 is 0.744 bits per heavy atom. The molecule has 0 aromatic rings. The van der Waals surface area contributed by atoms with E-state index in [4.69, 9.17) is 9.03 Å². The summed E-state index contributed by atoms with van der Waals surface area (Å²) in [4.78, 5) is 0. The van der Waals surface area contributed by atoms with Crippen LogP contribution in [0.5, 0.6) is 0 Å². The summed E-state index contributed by atoms with van der Waals surface area (Å²) in [5.41, 5.74) is 0. The van der Waals surface area contributed by atoms with Gasteiger partial charge >= 0.3 is 15.5 Å². The maximum atomic E-state index is 14.1. The van der Waals surface area contributed by atoms with E-state index in [0.717, 1.165) is 19.8 Å². The van der Waals surface area contributed by atoms with Gasteiger partial charge in [-0.3, -0.25) is 13.9 Å². The van der Waals surface area contributed by atoms with Gasteiger partial charge < -0.3 is 0 Å². The molecule has 0 amide bonds. The van der Waals surface area contributed by atoms with Gasteiger partial charge in [-0.1, -0.05) is 0 Å². The van der Waals surface area contributed by atoms with Crippen molar-refractivity contribution in [1.29, 1.82) is 0 Å². The molecule has 18 heteroatoms. The lowest BCUT2D eigenvalue weighted by Gasteiger charge is -2.51. The highest BCUT2D eigenvalue weighted by molar-refractivity contribution is 7.76. The van der Waals surface area contributed by atoms with E-state index in [-0.39, 0.29) is 0 Å². The van der Waals surface area contributed by atoms with Crippen molar-refractivity contribution >= 4 is 30.5 Å². The summed E-state index contributed by atoms with van der Waals surface area (Å²) in [6.07, 6.45) is 0. The standard InChI is InChI=1S/C21H60N13OP4/c1-24(2)36(25(3)4)22-38(28(9)10,34(18)21-33(36)17)32(16)20-19-31(15)37(26(5)6,27(7)8)23-39(35,29(11)12)30(13)14/h19-21H2,1-18H3/q+1. The van der Waals surface area contributed by atoms with Crippen LogP contribution in [0.2, 0.25) is 0 Å². The average Bonchev–Trinajstić information content (AvgIpc) is 2.79. The predicted molar refractivity (Wildman–Crippen MR) is 175 cm³/mol.